The second-order valence-electron chi connectivity index (χ2n) is 7.58. The molecule has 4 rings (SSSR count). The molecule has 0 amide bonds. The van der Waals surface area contributed by atoms with Gasteiger partial charge in [0.1, 0.15) is 17.7 Å². The van der Waals surface area contributed by atoms with Crippen molar-refractivity contribution in [2.24, 2.45) is 5.73 Å². The van der Waals surface area contributed by atoms with E-state index in [1.807, 2.05) is 0 Å². The van der Waals surface area contributed by atoms with E-state index in [1.165, 1.54) is 0 Å². The van der Waals surface area contributed by atoms with Crippen LogP contribution in [0, 0.1) is 11.6 Å². The Balaban J connectivity index is 1.69. The van der Waals surface area contributed by atoms with Crippen molar-refractivity contribution in [3.05, 3.63) is 57.4 Å². The molecule has 6 nitrogen and oxygen atoms in total. The summed E-state index contributed by atoms with van der Waals surface area (Å²) in [5, 5.41) is 0.0804. The second kappa shape index (κ2) is 9.23. The third-order valence-corrected chi connectivity index (χ3v) is 6.30. The van der Waals surface area contributed by atoms with Gasteiger partial charge >= 0.3 is 0 Å². The van der Waals surface area contributed by atoms with Gasteiger partial charge in [-0.3, -0.25) is 4.90 Å². The minimum absolute atomic E-state index is 0.0241. The zero-order chi connectivity index (χ0) is 23.0. The van der Waals surface area contributed by atoms with Gasteiger partial charge in [0.15, 0.2) is 11.4 Å². The number of pyridine rings is 1. The predicted molar refractivity (Wildman–Crippen MR) is 122 cm³/mol. The molecule has 2 aromatic heterocycles. The summed E-state index contributed by atoms with van der Waals surface area (Å²) in [6, 6.07) is 0.628. The molecule has 1 atom stereocenters. The summed E-state index contributed by atoms with van der Waals surface area (Å²) in [6.45, 7) is 4.70. The van der Waals surface area contributed by atoms with Crippen molar-refractivity contribution in [1.29, 1.82) is 0 Å². The van der Waals surface area contributed by atoms with Gasteiger partial charge in [-0.25, -0.2) is 13.8 Å². The molecular formula is C22H22Cl2F2N4O2. The Morgan fingerprint density at radius 1 is 1.28 bits per heavy atom. The van der Waals surface area contributed by atoms with E-state index in [9.17, 15) is 8.78 Å². The van der Waals surface area contributed by atoms with Gasteiger partial charge in [-0.1, -0.05) is 29.3 Å². The fourth-order valence-corrected chi connectivity index (χ4v) is 4.52. The largest absolute Gasteiger partial charge is 0.478 e. The number of aromatic nitrogens is 1. The standard InChI is InChI=1S/C22H22Cl2F2N4O2/c1-11(17-18(23)15(25)8-16(26)19(17)24)32-21-20-13(9-29-22(21)28)14(10-31-20)12-2-5-30(6-3-12)7-4-27/h2,8-11H,3-7,27H2,1H3,(H2,28,29)/t11-/m1/s1. The Hall–Kier alpha value is -2.39. The van der Waals surface area contributed by atoms with Crippen LogP contribution in [-0.4, -0.2) is 36.1 Å². The van der Waals surface area contributed by atoms with E-state index in [0.29, 0.717) is 18.2 Å². The van der Waals surface area contributed by atoms with E-state index in [0.717, 1.165) is 42.6 Å². The summed E-state index contributed by atoms with van der Waals surface area (Å²) >= 11 is 12.1. The molecule has 0 unspecified atom stereocenters. The van der Waals surface area contributed by atoms with Crippen LogP contribution in [0.4, 0.5) is 14.6 Å². The van der Waals surface area contributed by atoms with Gasteiger partial charge in [0.05, 0.1) is 21.7 Å². The van der Waals surface area contributed by atoms with Crippen LogP contribution in [0.15, 0.2) is 29.0 Å². The van der Waals surface area contributed by atoms with Gasteiger partial charge in [-0.15, -0.1) is 0 Å². The highest BCUT2D eigenvalue weighted by molar-refractivity contribution is 6.36. The fraction of sp³-hybridized carbons (Fsp3) is 0.318. The van der Waals surface area contributed by atoms with E-state index < -0.39 is 17.7 Å². The first-order chi connectivity index (χ1) is 15.3. The maximum Gasteiger partial charge on any atom is 0.205 e. The van der Waals surface area contributed by atoms with Crippen molar-refractivity contribution in [3.8, 4) is 5.75 Å². The zero-order valence-corrected chi connectivity index (χ0v) is 18.8. The molecule has 10 heteroatoms. The number of fused-ring (bicyclic) bond motifs is 1. The van der Waals surface area contributed by atoms with Gasteiger partial charge in [-0.2, -0.15) is 0 Å². The highest BCUT2D eigenvalue weighted by atomic mass is 35.5. The number of ether oxygens (including phenoxy) is 1. The summed E-state index contributed by atoms with van der Waals surface area (Å²) in [6.07, 6.45) is 5.30. The molecule has 0 fully saturated rings. The molecule has 1 aliphatic rings. The summed E-state index contributed by atoms with van der Waals surface area (Å²) in [7, 11) is 0. The van der Waals surface area contributed by atoms with Gasteiger partial charge < -0.3 is 20.6 Å². The molecule has 1 aromatic carbocycles. The first kappa shape index (κ1) is 22.8. The molecule has 0 spiro atoms. The number of nitrogen functional groups attached to an aromatic ring is 1. The zero-order valence-electron chi connectivity index (χ0n) is 17.3. The third-order valence-electron chi connectivity index (χ3n) is 5.53. The predicted octanol–water partition coefficient (Wildman–Crippen LogP) is 5.18. The van der Waals surface area contributed by atoms with Crippen LogP contribution in [-0.2, 0) is 0 Å². The molecule has 0 saturated heterocycles. The Morgan fingerprint density at radius 2 is 2.00 bits per heavy atom. The van der Waals surface area contributed by atoms with Crippen LogP contribution < -0.4 is 16.2 Å². The SMILES string of the molecule is C[C@@H](Oc1c(N)ncc2c(C3=CCN(CCN)CC3)coc12)c1c(Cl)c(F)cc(F)c1Cl. The number of benzene rings is 1. The van der Waals surface area contributed by atoms with Crippen molar-refractivity contribution in [3.63, 3.8) is 0 Å². The number of hydrogen-bond donors (Lipinski definition) is 2. The quantitative estimate of drug-likeness (QED) is 0.470. The second-order valence-corrected chi connectivity index (χ2v) is 8.33. The smallest absolute Gasteiger partial charge is 0.205 e. The van der Waals surface area contributed by atoms with Crippen LogP contribution >= 0.6 is 23.2 Å². The number of nitrogens with zero attached hydrogens (tertiary/aromatic N) is 2. The first-order valence-electron chi connectivity index (χ1n) is 10.1. The average molecular weight is 483 g/mol. The molecule has 170 valence electrons. The molecular weight excluding hydrogens is 461 g/mol. The van der Waals surface area contributed by atoms with Crippen LogP contribution in [0.1, 0.15) is 30.6 Å². The Bertz CT molecular complexity index is 1170. The van der Waals surface area contributed by atoms with Gasteiger partial charge in [-0.05, 0) is 18.9 Å². The topological polar surface area (TPSA) is 90.5 Å². The average Bonchev–Trinajstić information content (AvgIpc) is 3.20. The van der Waals surface area contributed by atoms with E-state index in [2.05, 4.69) is 16.0 Å². The molecule has 32 heavy (non-hydrogen) atoms. The van der Waals surface area contributed by atoms with Crippen LogP contribution in [0.3, 0.4) is 0 Å². The minimum atomic E-state index is -0.934. The van der Waals surface area contributed by atoms with Crippen LogP contribution in [0.5, 0.6) is 5.75 Å². The van der Waals surface area contributed by atoms with Crippen LogP contribution in [0.2, 0.25) is 10.0 Å². The lowest BCUT2D eigenvalue weighted by atomic mass is 9.99. The van der Waals surface area contributed by atoms with Crippen molar-refractivity contribution in [1.82, 2.24) is 9.88 Å². The monoisotopic (exact) mass is 482 g/mol. The Morgan fingerprint density at radius 3 is 2.62 bits per heavy atom. The third kappa shape index (κ3) is 4.15. The molecule has 0 aliphatic carbocycles. The number of nitrogens with two attached hydrogens (primary N) is 2. The molecule has 3 heterocycles. The Labute approximate surface area is 193 Å². The van der Waals surface area contributed by atoms with E-state index in [-0.39, 0.29) is 27.2 Å². The highest BCUT2D eigenvalue weighted by Gasteiger charge is 2.26. The number of furan rings is 1. The van der Waals surface area contributed by atoms with Crippen molar-refractivity contribution < 1.29 is 17.9 Å². The Kier molecular flexibility index (Phi) is 6.57. The molecule has 0 bridgehead atoms. The van der Waals surface area contributed by atoms with E-state index in [4.69, 9.17) is 43.8 Å². The molecule has 0 radical (unpaired) electrons. The minimum Gasteiger partial charge on any atom is -0.478 e. The summed E-state index contributed by atoms with van der Waals surface area (Å²) in [5.74, 6) is -1.65. The van der Waals surface area contributed by atoms with E-state index >= 15 is 0 Å². The molecule has 4 N–H and O–H groups in total. The highest BCUT2D eigenvalue weighted by Crippen LogP contribution is 2.41. The lowest BCUT2D eigenvalue weighted by molar-refractivity contribution is 0.227. The molecule has 0 saturated carbocycles. The molecule has 1 aliphatic heterocycles. The van der Waals surface area contributed by atoms with Crippen molar-refractivity contribution in [2.75, 3.05) is 31.9 Å². The summed E-state index contributed by atoms with van der Waals surface area (Å²) < 4.78 is 39.7. The van der Waals surface area contributed by atoms with Gasteiger partial charge in [0.25, 0.3) is 0 Å². The lowest BCUT2D eigenvalue weighted by Crippen LogP contribution is -2.33. The normalized spacial score (nSPS) is 15.8. The summed E-state index contributed by atoms with van der Waals surface area (Å²) in [5.41, 5.74) is 14.1. The van der Waals surface area contributed by atoms with Crippen molar-refractivity contribution >= 4 is 45.6 Å². The number of halogens is 4. The van der Waals surface area contributed by atoms with Gasteiger partial charge in [0.2, 0.25) is 5.75 Å². The molecule has 3 aromatic rings. The van der Waals surface area contributed by atoms with Gasteiger partial charge in [0, 0.05) is 49.6 Å². The maximum atomic E-state index is 14.0. The first-order valence-corrected chi connectivity index (χ1v) is 10.8. The van der Waals surface area contributed by atoms with Crippen molar-refractivity contribution in [2.45, 2.75) is 19.4 Å². The van der Waals surface area contributed by atoms with E-state index in [1.54, 1.807) is 19.4 Å². The summed E-state index contributed by atoms with van der Waals surface area (Å²) in [4.78, 5) is 6.50. The van der Waals surface area contributed by atoms with Crippen LogP contribution in [0.25, 0.3) is 16.5 Å². The number of rotatable bonds is 6. The number of anilines is 1. The maximum absolute atomic E-state index is 14.0. The fourth-order valence-electron chi connectivity index (χ4n) is 3.87. The number of hydrogen-bond acceptors (Lipinski definition) is 6. The lowest BCUT2D eigenvalue weighted by Gasteiger charge is -2.25.